The SMILES string of the molecule is CCOc1ccccc1CCC(=O)NNC(=S)N[C@@H](C)COC. The molecule has 0 aromatic heterocycles. The average molecular weight is 339 g/mol. The van der Waals surface area contributed by atoms with Crippen LogP contribution in [0.2, 0.25) is 0 Å². The van der Waals surface area contributed by atoms with Crippen molar-refractivity contribution in [1.82, 2.24) is 16.2 Å². The number of para-hydroxylation sites is 1. The second-order valence-corrected chi connectivity index (χ2v) is 5.45. The number of hydrazine groups is 1. The van der Waals surface area contributed by atoms with E-state index < -0.39 is 0 Å². The average Bonchev–Trinajstić information content (AvgIpc) is 2.52. The first-order valence-electron chi connectivity index (χ1n) is 7.61. The van der Waals surface area contributed by atoms with E-state index >= 15 is 0 Å². The van der Waals surface area contributed by atoms with Crippen LogP contribution in [0, 0.1) is 0 Å². The molecule has 0 unspecified atom stereocenters. The third-order valence-electron chi connectivity index (χ3n) is 3.00. The van der Waals surface area contributed by atoms with Gasteiger partial charge in [-0.1, -0.05) is 18.2 Å². The molecule has 7 heteroatoms. The summed E-state index contributed by atoms with van der Waals surface area (Å²) >= 11 is 5.08. The van der Waals surface area contributed by atoms with E-state index in [1.807, 2.05) is 38.1 Å². The number of aryl methyl sites for hydroxylation is 1. The Hall–Kier alpha value is -1.86. The molecule has 0 saturated carbocycles. The van der Waals surface area contributed by atoms with Crippen LogP contribution in [0.3, 0.4) is 0 Å². The maximum atomic E-state index is 11.9. The molecule has 0 spiro atoms. The van der Waals surface area contributed by atoms with E-state index in [0.29, 0.717) is 31.2 Å². The number of benzene rings is 1. The molecular formula is C16H25N3O3S. The van der Waals surface area contributed by atoms with E-state index in [1.54, 1.807) is 7.11 Å². The Morgan fingerprint density at radius 3 is 2.74 bits per heavy atom. The van der Waals surface area contributed by atoms with Crippen molar-refractivity contribution in [2.24, 2.45) is 0 Å². The van der Waals surface area contributed by atoms with Crippen LogP contribution < -0.4 is 20.9 Å². The molecule has 1 rings (SSSR count). The molecule has 6 nitrogen and oxygen atoms in total. The number of methoxy groups -OCH3 is 1. The van der Waals surface area contributed by atoms with Gasteiger partial charge in [0, 0.05) is 19.6 Å². The van der Waals surface area contributed by atoms with Crippen LogP contribution in [0.4, 0.5) is 0 Å². The summed E-state index contributed by atoms with van der Waals surface area (Å²) < 4.78 is 10.5. The molecule has 0 saturated heterocycles. The highest BCUT2D eigenvalue weighted by molar-refractivity contribution is 7.80. The van der Waals surface area contributed by atoms with Crippen LogP contribution in [0.15, 0.2) is 24.3 Å². The summed E-state index contributed by atoms with van der Waals surface area (Å²) in [6.07, 6.45) is 0.942. The summed E-state index contributed by atoms with van der Waals surface area (Å²) in [4.78, 5) is 11.9. The number of amides is 1. The molecule has 1 aromatic rings. The number of thiocarbonyl (C=S) groups is 1. The number of hydrogen-bond acceptors (Lipinski definition) is 4. The zero-order valence-corrected chi connectivity index (χ0v) is 14.7. The van der Waals surface area contributed by atoms with Gasteiger partial charge in [0.05, 0.1) is 13.2 Å². The quantitative estimate of drug-likeness (QED) is 0.493. The molecule has 0 bridgehead atoms. The van der Waals surface area contributed by atoms with Gasteiger partial charge in [-0.2, -0.15) is 0 Å². The number of carbonyl (C=O) groups is 1. The van der Waals surface area contributed by atoms with Crippen molar-refractivity contribution in [3.63, 3.8) is 0 Å². The summed E-state index contributed by atoms with van der Waals surface area (Å²) in [6, 6.07) is 7.79. The van der Waals surface area contributed by atoms with Crippen LogP contribution in [-0.4, -0.2) is 37.4 Å². The summed E-state index contributed by atoms with van der Waals surface area (Å²) in [7, 11) is 1.62. The van der Waals surface area contributed by atoms with Crippen LogP contribution in [-0.2, 0) is 16.0 Å². The molecule has 0 aliphatic heterocycles. The lowest BCUT2D eigenvalue weighted by atomic mass is 10.1. The molecule has 1 amide bonds. The van der Waals surface area contributed by atoms with Crippen molar-refractivity contribution >= 4 is 23.2 Å². The summed E-state index contributed by atoms with van der Waals surface area (Å²) in [5.74, 6) is 0.682. The van der Waals surface area contributed by atoms with Crippen molar-refractivity contribution < 1.29 is 14.3 Å². The Kier molecular flexibility index (Phi) is 9.01. The first-order chi connectivity index (χ1) is 11.1. The largest absolute Gasteiger partial charge is 0.494 e. The third kappa shape index (κ3) is 7.80. The maximum Gasteiger partial charge on any atom is 0.238 e. The van der Waals surface area contributed by atoms with E-state index in [4.69, 9.17) is 21.7 Å². The van der Waals surface area contributed by atoms with Gasteiger partial charge in [-0.25, -0.2) is 0 Å². The van der Waals surface area contributed by atoms with E-state index in [1.165, 1.54) is 0 Å². The molecular weight excluding hydrogens is 314 g/mol. The Morgan fingerprint density at radius 2 is 2.04 bits per heavy atom. The summed E-state index contributed by atoms with van der Waals surface area (Å²) in [5.41, 5.74) is 6.27. The molecule has 0 aliphatic carbocycles. The number of rotatable bonds is 8. The Morgan fingerprint density at radius 1 is 1.30 bits per heavy atom. The van der Waals surface area contributed by atoms with E-state index in [9.17, 15) is 4.79 Å². The lowest BCUT2D eigenvalue weighted by Gasteiger charge is -2.16. The van der Waals surface area contributed by atoms with Gasteiger partial charge < -0.3 is 14.8 Å². The maximum absolute atomic E-state index is 11.9. The van der Waals surface area contributed by atoms with Crippen molar-refractivity contribution in [3.8, 4) is 5.75 Å². The molecule has 0 radical (unpaired) electrons. The molecule has 1 aromatic carbocycles. The zero-order chi connectivity index (χ0) is 17.1. The molecule has 128 valence electrons. The van der Waals surface area contributed by atoms with Gasteiger partial charge in [0.2, 0.25) is 5.91 Å². The van der Waals surface area contributed by atoms with E-state index in [0.717, 1.165) is 11.3 Å². The minimum absolute atomic E-state index is 0.0648. The van der Waals surface area contributed by atoms with Crippen LogP contribution >= 0.6 is 12.2 Å². The molecule has 3 N–H and O–H groups in total. The van der Waals surface area contributed by atoms with E-state index in [2.05, 4.69) is 16.2 Å². The van der Waals surface area contributed by atoms with Gasteiger partial charge in [0.15, 0.2) is 5.11 Å². The third-order valence-corrected chi connectivity index (χ3v) is 3.22. The minimum atomic E-state index is -0.139. The fraction of sp³-hybridized carbons (Fsp3) is 0.500. The van der Waals surface area contributed by atoms with Gasteiger partial charge in [-0.15, -0.1) is 0 Å². The first-order valence-corrected chi connectivity index (χ1v) is 8.02. The molecule has 23 heavy (non-hydrogen) atoms. The highest BCUT2D eigenvalue weighted by Gasteiger charge is 2.08. The topological polar surface area (TPSA) is 71.6 Å². The van der Waals surface area contributed by atoms with Crippen LogP contribution in [0.25, 0.3) is 0 Å². The zero-order valence-electron chi connectivity index (χ0n) is 13.8. The fourth-order valence-corrected chi connectivity index (χ4v) is 2.25. The second kappa shape index (κ2) is 10.8. The molecule has 1 atom stereocenters. The normalized spacial score (nSPS) is 11.4. The van der Waals surface area contributed by atoms with Crippen LogP contribution in [0.5, 0.6) is 5.75 Å². The van der Waals surface area contributed by atoms with Crippen molar-refractivity contribution in [2.75, 3.05) is 20.3 Å². The fourth-order valence-electron chi connectivity index (χ4n) is 2.00. The lowest BCUT2D eigenvalue weighted by molar-refractivity contribution is -0.121. The number of nitrogens with one attached hydrogen (secondary N) is 3. The monoisotopic (exact) mass is 339 g/mol. The number of hydrogen-bond donors (Lipinski definition) is 3. The van der Waals surface area contributed by atoms with Gasteiger partial charge in [-0.3, -0.25) is 15.6 Å². The summed E-state index contributed by atoms with van der Waals surface area (Å²) in [5, 5.41) is 3.36. The highest BCUT2D eigenvalue weighted by atomic mass is 32.1. The minimum Gasteiger partial charge on any atom is -0.494 e. The predicted octanol–water partition coefficient (Wildman–Crippen LogP) is 1.55. The second-order valence-electron chi connectivity index (χ2n) is 5.04. The number of carbonyl (C=O) groups excluding carboxylic acids is 1. The van der Waals surface area contributed by atoms with Crippen molar-refractivity contribution in [2.45, 2.75) is 32.7 Å². The van der Waals surface area contributed by atoms with E-state index in [-0.39, 0.29) is 11.9 Å². The summed E-state index contributed by atoms with van der Waals surface area (Å²) in [6.45, 7) is 5.00. The molecule has 0 heterocycles. The van der Waals surface area contributed by atoms with Crippen molar-refractivity contribution in [1.29, 1.82) is 0 Å². The first kappa shape index (κ1) is 19.2. The smallest absolute Gasteiger partial charge is 0.238 e. The van der Waals surface area contributed by atoms with Crippen molar-refractivity contribution in [3.05, 3.63) is 29.8 Å². The Bertz CT molecular complexity index is 511. The number of ether oxygens (including phenoxy) is 2. The van der Waals surface area contributed by atoms with Gasteiger partial charge >= 0.3 is 0 Å². The Labute approximate surface area is 142 Å². The van der Waals surface area contributed by atoms with Gasteiger partial charge in [0.1, 0.15) is 5.75 Å². The standard InChI is InChI=1S/C16H25N3O3S/c1-4-22-14-8-6-5-7-13(14)9-10-15(20)18-19-16(23)17-12(2)11-21-3/h5-8,12H,4,9-11H2,1-3H3,(H,18,20)(H2,17,19,23)/t12-/m0/s1. The van der Waals surface area contributed by atoms with Gasteiger partial charge in [-0.05, 0) is 44.1 Å². The predicted molar refractivity (Wildman–Crippen MR) is 94.3 cm³/mol. The molecule has 0 fully saturated rings. The van der Waals surface area contributed by atoms with Crippen LogP contribution in [0.1, 0.15) is 25.8 Å². The Balaban J connectivity index is 2.33. The molecule has 0 aliphatic rings. The van der Waals surface area contributed by atoms with Gasteiger partial charge in [0.25, 0.3) is 0 Å². The highest BCUT2D eigenvalue weighted by Crippen LogP contribution is 2.19. The lowest BCUT2D eigenvalue weighted by Crippen LogP contribution is -2.50.